The van der Waals surface area contributed by atoms with Crippen LogP contribution in [0.3, 0.4) is 0 Å². The normalized spacial score (nSPS) is 20.5. The Bertz CT molecular complexity index is 1330. The Balaban J connectivity index is 1.54. The summed E-state index contributed by atoms with van der Waals surface area (Å²) in [6, 6.07) is 14.3. The Kier molecular flexibility index (Phi) is 5.27. The molecule has 0 spiro atoms. The van der Waals surface area contributed by atoms with E-state index in [4.69, 9.17) is 0 Å². The number of thiophene rings is 1. The number of hydrogen-bond donors (Lipinski definition) is 1. The van der Waals surface area contributed by atoms with Crippen LogP contribution in [0.4, 0.5) is 5.69 Å². The van der Waals surface area contributed by atoms with Gasteiger partial charge in [-0.05, 0) is 47.5 Å². The SMILES string of the molecule is CC(=O)Nc1ccc(-c2ccc(=O)n3c2C2CC(CN(S(=O)(=O)c4cccs4)C2)C3)cc1. The Morgan fingerprint density at radius 3 is 2.53 bits per heavy atom. The summed E-state index contributed by atoms with van der Waals surface area (Å²) in [5, 5.41) is 4.53. The minimum absolute atomic E-state index is 0.0529. The van der Waals surface area contributed by atoms with Crippen LogP contribution in [0.15, 0.2) is 62.9 Å². The van der Waals surface area contributed by atoms with Gasteiger partial charge in [-0.15, -0.1) is 11.3 Å². The summed E-state index contributed by atoms with van der Waals surface area (Å²) in [4.78, 5) is 24.0. The molecule has 1 aromatic carbocycles. The molecule has 1 N–H and O–H groups in total. The van der Waals surface area contributed by atoms with Crippen molar-refractivity contribution in [2.75, 3.05) is 18.4 Å². The van der Waals surface area contributed by atoms with Gasteiger partial charge in [0.2, 0.25) is 5.91 Å². The van der Waals surface area contributed by atoms with Gasteiger partial charge in [0.1, 0.15) is 4.21 Å². The maximum absolute atomic E-state index is 13.2. The molecule has 9 heteroatoms. The predicted octanol–water partition coefficient (Wildman–Crippen LogP) is 3.34. The van der Waals surface area contributed by atoms with Crippen molar-refractivity contribution in [3.63, 3.8) is 0 Å². The maximum Gasteiger partial charge on any atom is 0.252 e. The first-order valence-electron chi connectivity index (χ1n) is 10.5. The van der Waals surface area contributed by atoms with Gasteiger partial charge in [0, 0.05) is 55.5 Å². The molecule has 5 rings (SSSR count). The molecule has 0 aliphatic carbocycles. The van der Waals surface area contributed by atoms with Gasteiger partial charge in [-0.1, -0.05) is 18.2 Å². The van der Waals surface area contributed by atoms with Gasteiger partial charge in [-0.25, -0.2) is 8.42 Å². The molecule has 4 heterocycles. The van der Waals surface area contributed by atoms with E-state index < -0.39 is 10.0 Å². The molecule has 2 aromatic heterocycles. The zero-order valence-corrected chi connectivity index (χ0v) is 19.2. The quantitative estimate of drug-likeness (QED) is 0.635. The van der Waals surface area contributed by atoms with Gasteiger partial charge in [0.25, 0.3) is 15.6 Å². The number of anilines is 1. The lowest BCUT2D eigenvalue weighted by Crippen LogP contribution is -2.49. The smallest absolute Gasteiger partial charge is 0.252 e. The number of carbonyl (C=O) groups is 1. The van der Waals surface area contributed by atoms with Crippen molar-refractivity contribution in [2.45, 2.75) is 30.0 Å². The number of pyridine rings is 1. The first kappa shape index (κ1) is 21.1. The van der Waals surface area contributed by atoms with Crippen molar-refractivity contribution in [1.82, 2.24) is 8.87 Å². The maximum atomic E-state index is 13.2. The molecule has 2 aliphatic rings. The van der Waals surface area contributed by atoms with Crippen LogP contribution in [0.1, 0.15) is 25.0 Å². The molecular weight excluding hydrogens is 446 g/mol. The molecular formula is C23H23N3O4S2. The highest BCUT2D eigenvalue weighted by Gasteiger charge is 2.40. The van der Waals surface area contributed by atoms with Crippen LogP contribution in [0.2, 0.25) is 0 Å². The van der Waals surface area contributed by atoms with Gasteiger partial charge in [-0.2, -0.15) is 4.31 Å². The minimum atomic E-state index is -3.54. The molecule has 7 nitrogen and oxygen atoms in total. The number of nitrogens with one attached hydrogen (secondary N) is 1. The second-order valence-corrected chi connectivity index (χ2v) is 11.5. The predicted molar refractivity (Wildman–Crippen MR) is 124 cm³/mol. The highest BCUT2D eigenvalue weighted by Crippen LogP contribution is 2.41. The van der Waals surface area contributed by atoms with E-state index >= 15 is 0 Å². The second-order valence-electron chi connectivity index (χ2n) is 8.39. The number of sulfonamides is 1. The van der Waals surface area contributed by atoms with Crippen LogP contribution < -0.4 is 10.9 Å². The third-order valence-electron chi connectivity index (χ3n) is 6.16. The van der Waals surface area contributed by atoms with E-state index in [-0.39, 0.29) is 23.3 Å². The van der Waals surface area contributed by atoms with Crippen molar-refractivity contribution < 1.29 is 13.2 Å². The zero-order chi connectivity index (χ0) is 22.5. The standard InChI is InChI=1S/C23H23N3O4S2/c1-15(27)24-19-6-4-17(5-7-19)20-8-9-21(28)26-13-16-11-18(23(20)26)14-25(12-16)32(29,30)22-3-2-10-31-22/h2-10,16,18H,11-14H2,1H3,(H,24,27). The van der Waals surface area contributed by atoms with E-state index in [1.165, 1.54) is 18.3 Å². The second kappa shape index (κ2) is 7.99. The van der Waals surface area contributed by atoms with Gasteiger partial charge >= 0.3 is 0 Å². The number of hydrogen-bond acceptors (Lipinski definition) is 5. The Hall–Kier alpha value is -2.75. The fraction of sp³-hybridized carbons (Fsp3) is 0.304. The lowest BCUT2D eigenvalue weighted by atomic mass is 9.81. The van der Waals surface area contributed by atoms with E-state index in [2.05, 4.69) is 5.32 Å². The first-order valence-corrected chi connectivity index (χ1v) is 12.8. The summed E-state index contributed by atoms with van der Waals surface area (Å²) in [6.45, 7) is 2.76. The fourth-order valence-corrected chi connectivity index (χ4v) is 7.59. The highest BCUT2D eigenvalue weighted by atomic mass is 32.2. The molecule has 166 valence electrons. The Morgan fingerprint density at radius 2 is 1.84 bits per heavy atom. The van der Waals surface area contributed by atoms with Crippen LogP contribution in [-0.2, 0) is 21.4 Å². The number of amides is 1. The number of fused-ring (bicyclic) bond motifs is 4. The number of aromatic nitrogens is 1. The largest absolute Gasteiger partial charge is 0.326 e. The van der Waals surface area contributed by atoms with Gasteiger partial charge in [0.15, 0.2) is 0 Å². The van der Waals surface area contributed by atoms with Crippen molar-refractivity contribution in [1.29, 1.82) is 0 Å². The first-order chi connectivity index (χ1) is 15.3. The average Bonchev–Trinajstić information content (AvgIpc) is 3.30. The minimum Gasteiger partial charge on any atom is -0.326 e. The van der Waals surface area contributed by atoms with Crippen molar-refractivity contribution in [2.24, 2.45) is 5.92 Å². The molecule has 1 amide bonds. The van der Waals surface area contributed by atoms with E-state index in [1.807, 2.05) is 34.9 Å². The lowest BCUT2D eigenvalue weighted by Gasteiger charge is -2.42. The van der Waals surface area contributed by atoms with E-state index in [0.29, 0.717) is 29.5 Å². The van der Waals surface area contributed by atoms with Crippen LogP contribution >= 0.6 is 11.3 Å². The van der Waals surface area contributed by atoms with Crippen molar-refractivity contribution >= 4 is 33.0 Å². The number of benzene rings is 1. The molecule has 1 saturated heterocycles. The monoisotopic (exact) mass is 469 g/mol. The fourth-order valence-electron chi connectivity index (χ4n) is 4.89. The molecule has 1 fully saturated rings. The molecule has 32 heavy (non-hydrogen) atoms. The lowest BCUT2D eigenvalue weighted by molar-refractivity contribution is -0.114. The Morgan fingerprint density at radius 1 is 1.06 bits per heavy atom. The average molecular weight is 470 g/mol. The summed E-state index contributed by atoms with van der Waals surface area (Å²) in [6.07, 6.45) is 0.858. The topological polar surface area (TPSA) is 88.5 Å². The number of rotatable bonds is 4. The van der Waals surface area contributed by atoms with E-state index in [9.17, 15) is 18.0 Å². The van der Waals surface area contributed by atoms with E-state index in [1.54, 1.807) is 27.9 Å². The van der Waals surface area contributed by atoms with Crippen LogP contribution in [0.5, 0.6) is 0 Å². The summed E-state index contributed by atoms with van der Waals surface area (Å²) in [7, 11) is -3.54. The van der Waals surface area contributed by atoms with Gasteiger partial charge in [-0.3, -0.25) is 9.59 Å². The third-order valence-corrected chi connectivity index (χ3v) is 9.37. The molecule has 2 unspecified atom stereocenters. The molecule has 0 radical (unpaired) electrons. The van der Waals surface area contributed by atoms with Crippen molar-refractivity contribution in [3.8, 4) is 11.1 Å². The number of nitrogens with zero attached hydrogens (tertiary/aromatic N) is 2. The van der Waals surface area contributed by atoms with Crippen LogP contribution in [0.25, 0.3) is 11.1 Å². The van der Waals surface area contributed by atoms with Gasteiger partial charge < -0.3 is 9.88 Å². The molecule has 0 saturated carbocycles. The van der Waals surface area contributed by atoms with Crippen molar-refractivity contribution in [3.05, 3.63) is 70.0 Å². The summed E-state index contributed by atoms with van der Waals surface area (Å²) < 4.78 is 30.1. The van der Waals surface area contributed by atoms with E-state index in [0.717, 1.165) is 23.2 Å². The third kappa shape index (κ3) is 3.70. The zero-order valence-electron chi connectivity index (χ0n) is 17.5. The number of piperidine rings is 1. The molecule has 2 aliphatic heterocycles. The summed E-state index contributed by atoms with van der Waals surface area (Å²) in [5.74, 6) is -0.0936. The summed E-state index contributed by atoms with van der Waals surface area (Å²) in [5.41, 5.74) is 3.40. The molecule has 2 atom stereocenters. The number of carbonyl (C=O) groups excluding carboxylic acids is 1. The van der Waals surface area contributed by atoms with Crippen LogP contribution in [0, 0.1) is 5.92 Å². The molecule has 2 bridgehead atoms. The highest BCUT2D eigenvalue weighted by molar-refractivity contribution is 7.91. The summed E-state index contributed by atoms with van der Waals surface area (Å²) >= 11 is 1.23. The Labute approximate surface area is 190 Å². The van der Waals surface area contributed by atoms with Gasteiger partial charge in [0.05, 0.1) is 0 Å². The van der Waals surface area contributed by atoms with Crippen LogP contribution in [-0.4, -0.2) is 36.3 Å². The molecule has 3 aromatic rings.